The molecule has 3 N–H and O–H groups in total. The van der Waals surface area contributed by atoms with Gasteiger partial charge >= 0.3 is 0 Å². The van der Waals surface area contributed by atoms with Crippen LogP contribution in [0.4, 0.5) is 5.69 Å². The first-order valence-electron chi connectivity index (χ1n) is 11.0. The molecule has 1 aliphatic carbocycles. The van der Waals surface area contributed by atoms with E-state index in [1.807, 2.05) is 6.07 Å². The van der Waals surface area contributed by atoms with Crippen molar-refractivity contribution < 1.29 is 29.4 Å². The molecular formula is C21H32N4O7S. The molecule has 0 radical (unpaired) electrons. The van der Waals surface area contributed by atoms with Crippen LogP contribution in [-0.4, -0.2) is 64.8 Å². The molecule has 12 heteroatoms. The Hall–Kier alpha value is -2.57. The molecule has 33 heavy (non-hydrogen) atoms. The topological polar surface area (TPSA) is 143 Å². The van der Waals surface area contributed by atoms with Gasteiger partial charge in [-0.15, -0.1) is 10.1 Å². The Labute approximate surface area is 198 Å². The minimum Gasteiger partial charge on any atom is -0.490 e. The van der Waals surface area contributed by atoms with E-state index in [1.54, 1.807) is 12.1 Å². The molecule has 1 unspecified atom stereocenters. The highest BCUT2D eigenvalue weighted by molar-refractivity contribution is 7.78. The van der Waals surface area contributed by atoms with Crippen LogP contribution in [0, 0.1) is 10.1 Å². The molecule has 0 aromatic heterocycles. The van der Waals surface area contributed by atoms with Crippen molar-refractivity contribution in [3.63, 3.8) is 0 Å². The van der Waals surface area contributed by atoms with Crippen molar-refractivity contribution >= 4 is 30.3 Å². The van der Waals surface area contributed by atoms with Crippen LogP contribution in [0.15, 0.2) is 18.2 Å². The van der Waals surface area contributed by atoms with Gasteiger partial charge in [-0.2, -0.15) is 0 Å². The van der Waals surface area contributed by atoms with E-state index < -0.39 is 11.2 Å². The van der Waals surface area contributed by atoms with Crippen LogP contribution in [0.5, 0.6) is 5.75 Å². The van der Waals surface area contributed by atoms with Crippen LogP contribution in [0.2, 0.25) is 0 Å². The monoisotopic (exact) mass is 484 g/mol. The van der Waals surface area contributed by atoms with Crippen molar-refractivity contribution in [2.75, 3.05) is 31.6 Å². The summed E-state index contributed by atoms with van der Waals surface area (Å²) < 4.78 is 6.91. The number of thiol groups is 1. The molecule has 0 spiro atoms. The molecule has 1 aromatic carbocycles. The number of hydrogen-bond acceptors (Lipinski definition) is 9. The number of aliphatic hydroxyl groups excluding tert-OH is 1. The smallest absolute Gasteiger partial charge is 0.294 e. The SMILES string of the molecule is CC(=O)N(S)CCNCC(O)COc1cccc2c1CC(=O)N2.O=[N+]([O-])OC1CCCCC1. The maximum atomic E-state index is 11.4. The molecule has 1 atom stereocenters. The number of amides is 2. The molecule has 1 aromatic rings. The summed E-state index contributed by atoms with van der Waals surface area (Å²) in [5.74, 6) is 0.429. The largest absolute Gasteiger partial charge is 0.490 e. The Morgan fingerprint density at radius 3 is 2.79 bits per heavy atom. The highest BCUT2D eigenvalue weighted by Crippen LogP contribution is 2.31. The zero-order valence-corrected chi connectivity index (χ0v) is 19.6. The summed E-state index contributed by atoms with van der Waals surface area (Å²) in [7, 11) is 0. The molecular weight excluding hydrogens is 452 g/mol. The molecule has 0 bridgehead atoms. The number of aliphatic hydroxyl groups is 1. The normalized spacial score (nSPS) is 16.0. The van der Waals surface area contributed by atoms with Crippen LogP contribution in [-0.2, 0) is 20.8 Å². The Balaban J connectivity index is 0.000000321. The summed E-state index contributed by atoms with van der Waals surface area (Å²) in [5, 5.41) is 24.9. The van der Waals surface area contributed by atoms with Crippen LogP contribution in [0.1, 0.15) is 44.6 Å². The molecule has 2 aliphatic rings. The number of fused-ring (bicyclic) bond motifs is 1. The molecule has 3 rings (SSSR count). The van der Waals surface area contributed by atoms with Crippen molar-refractivity contribution in [3.8, 4) is 5.75 Å². The van der Waals surface area contributed by atoms with E-state index in [-0.39, 0.29) is 24.5 Å². The van der Waals surface area contributed by atoms with Crippen molar-refractivity contribution in [1.29, 1.82) is 0 Å². The summed E-state index contributed by atoms with van der Waals surface area (Å²) in [6.07, 6.45) is 4.50. The highest BCUT2D eigenvalue weighted by Gasteiger charge is 2.21. The van der Waals surface area contributed by atoms with E-state index >= 15 is 0 Å². The number of rotatable bonds is 10. The first-order chi connectivity index (χ1) is 15.8. The average Bonchev–Trinajstić information content (AvgIpc) is 3.16. The lowest BCUT2D eigenvalue weighted by molar-refractivity contribution is -0.769. The average molecular weight is 485 g/mol. The summed E-state index contributed by atoms with van der Waals surface area (Å²) in [4.78, 5) is 36.6. The lowest BCUT2D eigenvalue weighted by Gasteiger charge is -2.18. The van der Waals surface area contributed by atoms with E-state index in [2.05, 4.69) is 28.3 Å². The first kappa shape index (κ1) is 26.7. The van der Waals surface area contributed by atoms with Gasteiger partial charge in [-0.05, 0) is 25.0 Å². The molecule has 1 fully saturated rings. The molecule has 1 heterocycles. The number of ether oxygens (including phenoxy) is 1. The van der Waals surface area contributed by atoms with E-state index in [4.69, 9.17) is 4.74 Å². The van der Waals surface area contributed by atoms with Crippen LogP contribution in [0.25, 0.3) is 0 Å². The number of carbonyl (C=O) groups excluding carboxylic acids is 2. The summed E-state index contributed by atoms with van der Waals surface area (Å²) in [6, 6.07) is 5.40. The van der Waals surface area contributed by atoms with Gasteiger partial charge in [-0.1, -0.05) is 38.1 Å². The quantitative estimate of drug-likeness (QED) is 0.170. The fourth-order valence-corrected chi connectivity index (χ4v) is 3.60. The third-order valence-corrected chi connectivity index (χ3v) is 5.69. The van der Waals surface area contributed by atoms with Gasteiger partial charge in [0.05, 0.1) is 6.42 Å². The first-order valence-corrected chi connectivity index (χ1v) is 11.4. The Morgan fingerprint density at radius 1 is 1.39 bits per heavy atom. The molecule has 2 amide bonds. The number of carbonyl (C=O) groups is 2. The maximum absolute atomic E-state index is 11.4. The van der Waals surface area contributed by atoms with Crippen LogP contribution >= 0.6 is 12.8 Å². The number of nitrogens with one attached hydrogen (secondary N) is 2. The second-order valence-corrected chi connectivity index (χ2v) is 8.39. The van der Waals surface area contributed by atoms with Gasteiger partial charge in [-0.25, -0.2) is 0 Å². The number of nitrogens with zero attached hydrogens (tertiary/aromatic N) is 2. The third-order valence-electron chi connectivity index (χ3n) is 5.21. The van der Waals surface area contributed by atoms with Gasteiger partial charge in [-0.3, -0.25) is 13.9 Å². The minimum atomic E-state index is -0.693. The van der Waals surface area contributed by atoms with E-state index in [0.717, 1.165) is 36.9 Å². The predicted molar refractivity (Wildman–Crippen MR) is 124 cm³/mol. The summed E-state index contributed by atoms with van der Waals surface area (Å²) in [5.41, 5.74) is 1.59. The predicted octanol–water partition coefficient (Wildman–Crippen LogP) is 1.73. The van der Waals surface area contributed by atoms with Crippen molar-refractivity contribution in [3.05, 3.63) is 33.9 Å². The third kappa shape index (κ3) is 9.84. The standard InChI is InChI=1S/C15H21N3O4S.C6H11NO3/c1-10(19)18(23)6-5-16-8-11(20)9-22-14-4-2-3-13-12(14)7-15(21)17-13;8-7(9)10-6-4-2-1-3-5-6/h2-4,11,16,20,23H,5-9H2,1H3,(H,17,21);6H,1-5H2. The van der Waals surface area contributed by atoms with E-state index in [0.29, 0.717) is 31.8 Å². The molecule has 184 valence electrons. The second kappa shape index (κ2) is 13.9. The van der Waals surface area contributed by atoms with Crippen LogP contribution < -0.4 is 15.4 Å². The zero-order chi connectivity index (χ0) is 24.2. The zero-order valence-electron chi connectivity index (χ0n) is 18.7. The van der Waals surface area contributed by atoms with Gasteiger partial charge in [0.15, 0.2) is 0 Å². The summed E-state index contributed by atoms with van der Waals surface area (Å²) >= 11 is 4.01. The van der Waals surface area contributed by atoms with Gasteiger partial charge in [0, 0.05) is 37.8 Å². The Morgan fingerprint density at radius 2 is 2.12 bits per heavy atom. The minimum absolute atomic E-state index is 0.0555. The van der Waals surface area contributed by atoms with Gasteiger partial charge < -0.3 is 25.3 Å². The molecule has 11 nitrogen and oxygen atoms in total. The van der Waals surface area contributed by atoms with E-state index in [9.17, 15) is 24.8 Å². The lowest BCUT2D eigenvalue weighted by atomic mass is 9.98. The van der Waals surface area contributed by atoms with Gasteiger partial charge in [0.1, 0.15) is 24.6 Å². The Kier molecular flexibility index (Phi) is 11.2. The fourth-order valence-electron chi connectivity index (χ4n) is 3.50. The fraction of sp³-hybridized carbons (Fsp3) is 0.619. The van der Waals surface area contributed by atoms with E-state index in [1.165, 1.54) is 17.6 Å². The molecule has 0 saturated heterocycles. The molecule has 1 saturated carbocycles. The van der Waals surface area contributed by atoms with Crippen LogP contribution in [0.3, 0.4) is 0 Å². The van der Waals surface area contributed by atoms with Gasteiger partial charge in [0.2, 0.25) is 11.8 Å². The van der Waals surface area contributed by atoms with Crippen molar-refractivity contribution in [2.45, 2.75) is 57.7 Å². The van der Waals surface area contributed by atoms with Crippen molar-refractivity contribution in [2.24, 2.45) is 0 Å². The number of hydrogen-bond donors (Lipinski definition) is 4. The second-order valence-electron chi connectivity index (χ2n) is 7.91. The highest BCUT2D eigenvalue weighted by atomic mass is 32.1. The number of benzene rings is 1. The Bertz CT molecular complexity index is 805. The summed E-state index contributed by atoms with van der Waals surface area (Å²) in [6.45, 7) is 2.87. The lowest BCUT2D eigenvalue weighted by Crippen LogP contribution is -2.36. The number of anilines is 1. The van der Waals surface area contributed by atoms with Gasteiger partial charge in [0.25, 0.3) is 5.09 Å². The van der Waals surface area contributed by atoms with Crippen molar-refractivity contribution in [1.82, 2.24) is 9.62 Å². The molecule has 1 aliphatic heterocycles. The maximum Gasteiger partial charge on any atom is 0.294 e.